The van der Waals surface area contributed by atoms with Gasteiger partial charge in [-0.15, -0.1) is 0 Å². The SMILES string of the molecule is O=C(O)CC(NC(=O)OCC1c2ccccc2-c2ccccc21)C(=O)NCc1cccc(Cl)c1. The quantitative estimate of drug-likeness (QED) is 0.446. The number of hydrogen-bond acceptors (Lipinski definition) is 4. The Hall–Kier alpha value is -3.84. The predicted octanol–water partition coefficient (Wildman–Crippen LogP) is 4.34. The minimum absolute atomic E-state index is 0.0593. The van der Waals surface area contributed by atoms with Crippen molar-refractivity contribution >= 4 is 29.6 Å². The molecule has 0 fully saturated rings. The van der Waals surface area contributed by atoms with Gasteiger partial charge in [0.05, 0.1) is 6.42 Å². The van der Waals surface area contributed by atoms with Crippen LogP contribution in [-0.2, 0) is 20.9 Å². The van der Waals surface area contributed by atoms with Crippen LogP contribution >= 0.6 is 11.6 Å². The zero-order valence-corrected chi connectivity index (χ0v) is 18.9. The molecule has 4 rings (SSSR count). The summed E-state index contributed by atoms with van der Waals surface area (Å²) in [7, 11) is 0. The van der Waals surface area contributed by atoms with Crippen molar-refractivity contribution in [2.45, 2.75) is 24.9 Å². The lowest BCUT2D eigenvalue weighted by atomic mass is 9.98. The molecule has 7 nitrogen and oxygen atoms in total. The number of benzene rings is 3. The average Bonchev–Trinajstić information content (AvgIpc) is 3.14. The van der Waals surface area contributed by atoms with Crippen molar-refractivity contribution in [1.82, 2.24) is 10.6 Å². The number of aliphatic carboxylic acids is 1. The zero-order chi connectivity index (χ0) is 24.1. The molecule has 2 amide bonds. The van der Waals surface area contributed by atoms with E-state index in [0.29, 0.717) is 5.02 Å². The molecular weight excluding hydrogens is 456 g/mol. The van der Waals surface area contributed by atoms with Crippen LogP contribution in [0.4, 0.5) is 4.79 Å². The molecule has 34 heavy (non-hydrogen) atoms. The number of ether oxygens (including phenoxy) is 1. The largest absolute Gasteiger partial charge is 0.481 e. The van der Waals surface area contributed by atoms with Crippen molar-refractivity contribution in [2.24, 2.45) is 0 Å². The third-order valence-corrected chi connectivity index (χ3v) is 5.92. The van der Waals surface area contributed by atoms with E-state index in [-0.39, 0.29) is 19.1 Å². The minimum atomic E-state index is -1.28. The van der Waals surface area contributed by atoms with Crippen LogP contribution in [0.3, 0.4) is 0 Å². The second kappa shape index (κ2) is 10.4. The maximum absolute atomic E-state index is 12.6. The smallest absolute Gasteiger partial charge is 0.407 e. The Morgan fingerprint density at radius 1 is 0.941 bits per heavy atom. The summed E-state index contributed by atoms with van der Waals surface area (Å²) in [6.07, 6.45) is -1.43. The van der Waals surface area contributed by atoms with E-state index in [1.54, 1.807) is 24.3 Å². The van der Waals surface area contributed by atoms with E-state index in [2.05, 4.69) is 10.6 Å². The third kappa shape index (κ3) is 5.38. The number of halogens is 1. The molecule has 8 heteroatoms. The van der Waals surface area contributed by atoms with E-state index < -0.39 is 30.4 Å². The summed E-state index contributed by atoms with van der Waals surface area (Å²) < 4.78 is 5.44. The molecule has 174 valence electrons. The summed E-state index contributed by atoms with van der Waals surface area (Å²) >= 11 is 5.95. The van der Waals surface area contributed by atoms with Crippen LogP contribution < -0.4 is 10.6 Å². The Labute approximate surface area is 201 Å². The van der Waals surface area contributed by atoms with Crippen LogP contribution in [-0.4, -0.2) is 35.7 Å². The first-order valence-corrected chi connectivity index (χ1v) is 11.2. The predicted molar refractivity (Wildman–Crippen MR) is 128 cm³/mol. The molecular formula is C26H23ClN2O5. The van der Waals surface area contributed by atoms with Crippen LogP contribution in [0.5, 0.6) is 0 Å². The number of carbonyl (C=O) groups is 3. The lowest BCUT2D eigenvalue weighted by Gasteiger charge is -2.19. The van der Waals surface area contributed by atoms with Crippen molar-refractivity contribution in [2.75, 3.05) is 6.61 Å². The van der Waals surface area contributed by atoms with Crippen molar-refractivity contribution in [1.29, 1.82) is 0 Å². The monoisotopic (exact) mass is 478 g/mol. The first-order chi connectivity index (χ1) is 16.4. The number of carbonyl (C=O) groups excluding carboxylic acids is 2. The van der Waals surface area contributed by atoms with E-state index in [1.807, 2.05) is 48.5 Å². The minimum Gasteiger partial charge on any atom is -0.481 e. The van der Waals surface area contributed by atoms with Gasteiger partial charge in [0, 0.05) is 17.5 Å². The molecule has 0 bridgehead atoms. The number of alkyl carbamates (subject to hydrolysis) is 1. The van der Waals surface area contributed by atoms with Gasteiger partial charge in [0.15, 0.2) is 0 Å². The Morgan fingerprint density at radius 2 is 1.59 bits per heavy atom. The normalized spacial score (nSPS) is 12.9. The number of carboxylic acids is 1. The van der Waals surface area contributed by atoms with E-state index in [1.165, 1.54) is 0 Å². The second-order valence-corrected chi connectivity index (χ2v) is 8.40. The lowest BCUT2D eigenvalue weighted by molar-refractivity contribution is -0.139. The maximum Gasteiger partial charge on any atom is 0.407 e. The van der Waals surface area contributed by atoms with E-state index >= 15 is 0 Å². The summed E-state index contributed by atoms with van der Waals surface area (Å²) in [6.45, 7) is 0.200. The summed E-state index contributed by atoms with van der Waals surface area (Å²) in [6, 6.07) is 21.5. The fourth-order valence-electron chi connectivity index (χ4n) is 4.13. The highest BCUT2D eigenvalue weighted by Gasteiger charge is 2.30. The molecule has 1 aliphatic carbocycles. The lowest BCUT2D eigenvalue weighted by Crippen LogP contribution is -2.48. The molecule has 1 aliphatic rings. The van der Waals surface area contributed by atoms with Gasteiger partial charge in [-0.1, -0.05) is 72.3 Å². The Kier molecular flexibility index (Phi) is 7.13. The highest BCUT2D eigenvalue weighted by Crippen LogP contribution is 2.44. The molecule has 0 aromatic heterocycles. The van der Waals surface area contributed by atoms with Crippen molar-refractivity contribution in [3.05, 3.63) is 94.5 Å². The molecule has 3 aromatic carbocycles. The summed E-state index contributed by atoms with van der Waals surface area (Å²) in [4.78, 5) is 36.4. The van der Waals surface area contributed by atoms with Gasteiger partial charge in [-0.2, -0.15) is 0 Å². The number of nitrogens with one attached hydrogen (secondary N) is 2. The number of fused-ring (bicyclic) bond motifs is 3. The molecule has 0 saturated carbocycles. The topological polar surface area (TPSA) is 105 Å². The van der Waals surface area contributed by atoms with Gasteiger partial charge >= 0.3 is 12.1 Å². The molecule has 1 unspecified atom stereocenters. The van der Waals surface area contributed by atoms with Gasteiger partial charge in [-0.25, -0.2) is 4.79 Å². The highest BCUT2D eigenvalue weighted by molar-refractivity contribution is 6.30. The fraction of sp³-hybridized carbons (Fsp3) is 0.192. The third-order valence-electron chi connectivity index (χ3n) is 5.69. The Morgan fingerprint density at radius 3 is 2.21 bits per heavy atom. The summed E-state index contributed by atoms with van der Waals surface area (Å²) in [5, 5.41) is 14.7. The molecule has 1 atom stereocenters. The number of carboxylic acid groups (broad SMARTS) is 1. The first-order valence-electron chi connectivity index (χ1n) is 10.8. The highest BCUT2D eigenvalue weighted by atomic mass is 35.5. The van der Waals surface area contributed by atoms with Gasteiger partial charge < -0.3 is 20.5 Å². The number of hydrogen-bond donors (Lipinski definition) is 3. The van der Waals surface area contributed by atoms with Crippen LogP contribution in [0.1, 0.15) is 29.0 Å². The molecule has 3 aromatic rings. The first kappa shape index (κ1) is 23.3. The fourth-order valence-corrected chi connectivity index (χ4v) is 4.34. The molecule has 0 radical (unpaired) electrons. The molecule has 0 spiro atoms. The van der Waals surface area contributed by atoms with Gasteiger partial charge in [0.2, 0.25) is 5.91 Å². The van der Waals surface area contributed by atoms with E-state index in [0.717, 1.165) is 27.8 Å². The average molecular weight is 479 g/mol. The summed E-state index contributed by atoms with van der Waals surface area (Å²) in [5.41, 5.74) is 5.04. The Bertz CT molecular complexity index is 1180. The molecule has 0 aliphatic heterocycles. The standard InChI is InChI=1S/C26H23ClN2O5/c27-17-7-5-6-16(12-17)14-28-25(32)23(13-24(30)31)29-26(33)34-15-22-20-10-3-1-8-18(20)19-9-2-4-11-21(19)22/h1-12,22-23H,13-15H2,(H,28,32)(H,29,33)(H,30,31). The summed E-state index contributed by atoms with van der Waals surface area (Å²) in [5.74, 6) is -1.99. The van der Waals surface area contributed by atoms with Crippen molar-refractivity contribution in [3.8, 4) is 11.1 Å². The zero-order valence-electron chi connectivity index (χ0n) is 18.2. The molecule has 3 N–H and O–H groups in total. The van der Waals surface area contributed by atoms with Crippen molar-refractivity contribution < 1.29 is 24.2 Å². The van der Waals surface area contributed by atoms with Crippen LogP contribution in [0.2, 0.25) is 5.02 Å². The Balaban J connectivity index is 1.38. The van der Waals surface area contributed by atoms with Crippen LogP contribution in [0.15, 0.2) is 72.8 Å². The number of rotatable bonds is 8. The van der Waals surface area contributed by atoms with Gasteiger partial charge in [0.25, 0.3) is 0 Å². The van der Waals surface area contributed by atoms with Gasteiger partial charge in [-0.05, 0) is 39.9 Å². The second-order valence-electron chi connectivity index (χ2n) is 7.97. The molecule has 0 heterocycles. The van der Waals surface area contributed by atoms with E-state index in [4.69, 9.17) is 16.3 Å². The van der Waals surface area contributed by atoms with Crippen LogP contribution in [0, 0.1) is 0 Å². The van der Waals surface area contributed by atoms with Gasteiger partial charge in [0.1, 0.15) is 12.6 Å². The molecule has 0 saturated heterocycles. The van der Waals surface area contributed by atoms with Crippen LogP contribution in [0.25, 0.3) is 11.1 Å². The number of amides is 2. The van der Waals surface area contributed by atoms with Gasteiger partial charge in [-0.3, -0.25) is 9.59 Å². The maximum atomic E-state index is 12.6. The van der Waals surface area contributed by atoms with Crippen molar-refractivity contribution in [3.63, 3.8) is 0 Å². The van der Waals surface area contributed by atoms with E-state index in [9.17, 15) is 19.5 Å².